The Morgan fingerprint density at radius 1 is 1.62 bits per heavy atom. The molecule has 2 aliphatic rings. The van der Waals surface area contributed by atoms with Gasteiger partial charge in [-0.25, -0.2) is 0 Å². The number of rotatable bonds is 1. The molecule has 1 saturated carbocycles. The van der Waals surface area contributed by atoms with Crippen molar-refractivity contribution in [2.45, 2.75) is 6.42 Å². The quantitative estimate of drug-likeness (QED) is 0.362. The van der Waals surface area contributed by atoms with Crippen molar-refractivity contribution in [3.8, 4) is 0 Å². The second kappa shape index (κ2) is 1.22. The van der Waals surface area contributed by atoms with Crippen molar-refractivity contribution in [3.63, 3.8) is 0 Å². The fourth-order valence-corrected chi connectivity index (χ4v) is 1.60. The van der Waals surface area contributed by atoms with E-state index in [1.807, 2.05) is 0 Å². The molecule has 0 aliphatic heterocycles. The Morgan fingerprint density at radius 2 is 2.50 bits per heavy atom. The highest BCUT2D eigenvalue weighted by Crippen LogP contribution is 2.52. The van der Waals surface area contributed by atoms with Crippen LogP contribution in [0, 0.1) is 17.8 Å². The van der Waals surface area contributed by atoms with Crippen molar-refractivity contribution in [2.75, 3.05) is 0 Å². The van der Waals surface area contributed by atoms with Crippen molar-refractivity contribution < 1.29 is 4.79 Å². The van der Waals surface area contributed by atoms with E-state index in [-0.39, 0.29) is 0 Å². The standard InChI is InChI=1S/C7H8O/c8-4-7-5-2-1-3-6(5)7/h1-2,4-7H,3H2/t5-,6-,7-/m1/s1. The van der Waals surface area contributed by atoms with Gasteiger partial charge in [-0.15, -0.1) is 0 Å². The average Bonchev–Trinajstić information content (AvgIpc) is 2.22. The highest BCUT2D eigenvalue weighted by Gasteiger charge is 2.49. The predicted molar refractivity (Wildman–Crippen MR) is 30.3 cm³/mol. The summed E-state index contributed by atoms with van der Waals surface area (Å²) in [5, 5.41) is 0. The minimum Gasteiger partial charge on any atom is -0.303 e. The Kier molecular flexibility index (Phi) is 0.655. The maximum atomic E-state index is 10.1. The van der Waals surface area contributed by atoms with Crippen molar-refractivity contribution in [1.82, 2.24) is 0 Å². The molecule has 0 amide bonds. The maximum absolute atomic E-state index is 10.1. The number of carbonyl (C=O) groups excluding carboxylic acids is 1. The monoisotopic (exact) mass is 108 g/mol. The normalized spacial score (nSPS) is 48.8. The van der Waals surface area contributed by atoms with Gasteiger partial charge in [0.05, 0.1) is 0 Å². The number of aldehydes is 1. The van der Waals surface area contributed by atoms with Crippen molar-refractivity contribution in [2.24, 2.45) is 17.8 Å². The van der Waals surface area contributed by atoms with Crippen LogP contribution in [0.3, 0.4) is 0 Å². The average molecular weight is 108 g/mol. The van der Waals surface area contributed by atoms with E-state index in [1.54, 1.807) is 0 Å². The van der Waals surface area contributed by atoms with Gasteiger partial charge in [0.25, 0.3) is 0 Å². The van der Waals surface area contributed by atoms with Gasteiger partial charge >= 0.3 is 0 Å². The van der Waals surface area contributed by atoms with E-state index in [0.29, 0.717) is 17.8 Å². The van der Waals surface area contributed by atoms with E-state index in [0.717, 1.165) is 12.7 Å². The van der Waals surface area contributed by atoms with E-state index in [2.05, 4.69) is 12.2 Å². The minimum atomic E-state index is 0.403. The van der Waals surface area contributed by atoms with E-state index in [4.69, 9.17) is 0 Å². The lowest BCUT2D eigenvalue weighted by atomic mass is 10.2. The SMILES string of the molecule is O=C[C@@H]1[C@@H]2C=CC[C@@H]12. The van der Waals surface area contributed by atoms with Crippen LogP contribution in [-0.4, -0.2) is 6.29 Å². The Balaban J connectivity index is 2.12. The molecule has 0 radical (unpaired) electrons. The molecule has 1 nitrogen and oxygen atoms in total. The third-order valence-corrected chi connectivity index (χ3v) is 2.22. The second-order valence-electron chi connectivity index (χ2n) is 2.62. The first-order chi connectivity index (χ1) is 3.93. The molecule has 0 aromatic rings. The Labute approximate surface area is 48.4 Å². The first-order valence-electron chi connectivity index (χ1n) is 3.05. The van der Waals surface area contributed by atoms with Crippen molar-refractivity contribution in [3.05, 3.63) is 12.2 Å². The van der Waals surface area contributed by atoms with Crippen LogP contribution in [0.5, 0.6) is 0 Å². The van der Waals surface area contributed by atoms with Gasteiger partial charge < -0.3 is 4.79 Å². The lowest BCUT2D eigenvalue weighted by Gasteiger charge is -1.81. The molecule has 0 spiro atoms. The molecule has 42 valence electrons. The number of allylic oxidation sites excluding steroid dienone is 2. The lowest BCUT2D eigenvalue weighted by Crippen LogP contribution is -1.82. The molecule has 2 rings (SSSR count). The molecule has 0 N–H and O–H groups in total. The van der Waals surface area contributed by atoms with E-state index >= 15 is 0 Å². The summed E-state index contributed by atoms with van der Waals surface area (Å²) < 4.78 is 0. The van der Waals surface area contributed by atoms with Gasteiger partial charge in [-0.3, -0.25) is 0 Å². The first-order valence-corrected chi connectivity index (χ1v) is 3.05. The Morgan fingerprint density at radius 3 is 2.88 bits per heavy atom. The van der Waals surface area contributed by atoms with E-state index < -0.39 is 0 Å². The molecule has 1 heteroatoms. The first kappa shape index (κ1) is 4.30. The summed E-state index contributed by atoms with van der Waals surface area (Å²) in [6, 6.07) is 0. The summed E-state index contributed by atoms with van der Waals surface area (Å²) in [5.41, 5.74) is 0. The van der Waals surface area contributed by atoms with E-state index in [1.165, 1.54) is 0 Å². The van der Waals surface area contributed by atoms with Crippen LogP contribution in [0.15, 0.2) is 12.2 Å². The molecule has 0 unspecified atom stereocenters. The summed E-state index contributed by atoms with van der Waals surface area (Å²) in [6.45, 7) is 0. The van der Waals surface area contributed by atoms with Crippen LogP contribution in [-0.2, 0) is 4.79 Å². The molecule has 0 saturated heterocycles. The summed E-state index contributed by atoms with van der Waals surface area (Å²) in [5.74, 6) is 1.76. The summed E-state index contributed by atoms with van der Waals surface area (Å²) >= 11 is 0. The number of hydrogen-bond acceptors (Lipinski definition) is 1. The molecule has 0 aromatic heterocycles. The topological polar surface area (TPSA) is 17.1 Å². The van der Waals surface area contributed by atoms with Gasteiger partial charge in [-0.2, -0.15) is 0 Å². The molecule has 8 heavy (non-hydrogen) atoms. The molecule has 0 heterocycles. The minimum absolute atomic E-state index is 0.403. The Bertz CT molecular complexity index is 144. The molecular weight excluding hydrogens is 100 g/mol. The van der Waals surface area contributed by atoms with Gasteiger partial charge in [0.15, 0.2) is 0 Å². The van der Waals surface area contributed by atoms with Gasteiger partial charge in [-0.05, 0) is 18.3 Å². The third kappa shape index (κ3) is 0.347. The fraction of sp³-hybridized carbons (Fsp3) is 0.571. The highest BCUT2D eigenvalue weighted by atomic mass is 16.1. The van der Waals surface area contributed by atoms with Crippen LogP contribution in [0.25, 0.3) is 0 Å². The largest absolute Gasteiger partial charge is 0.303 e. The summed E-state index contributed by atoms with van der Waals surface area (Å²) in [4.78, 5) is 10.1. The number of fused-ring (bicyclic) bond motifs is 1. The summed E-state index contributed by atoms with van der Waals surface area (Å²) in [6.07, 6.45) is 6.59. The lowest BCUT2D eigenvalue weighted by molar-refractivity contribution is -0.109. The van der Waals surface area contributed by atoms with Gasteiger partial charge in [0.1, 0.15) is 6.29 Å². The van der Waals surface area contributed by atoms with Crippen LogP contribution in [0.2, 0.25) is 0 Å². The van der Waals surface area contributed by atoms with Crippen LogP contribution < -0.4 is 0 Å². The number of carbonyl (C=O) groups is 1. The fourth-order valence-electron chi connectivity index (χ4n) is 1.60. The molecule has 2 aliphatic carbocycles. The number of hydrogen-bond donors (Lipinski definition) is 0. The predicted octanol–water partition coefficient (Wildman–Crippen LogP) is 1.01. The van der Waals surface area contributed by atoms with Gasteiger partial charge in [0.2, 0.25) is 0 Å². The molecule has 1 fully saturated rings. The smallest absolute Gasteiger partial charge is 0.123 e. The molecular formula is C7H8O. The molecule has 0 aromatic carbocycles. The van der Waals surface area contributed by atoms with Crippen LogP contribution >= 0.6 is 0 Å². The highest BCUT2D eigenvalue weighted by molar-refractivity contribution is 5.61. The molecule has 3 atom stereocenters. The zero-order chi connectivity index (χ0) is 5.56. The Hall–Kier alpha value is -0.590. The van der Waals surface area contributed by atoms with Gasteiger partial charge in [-0.1, -0.05) is 12.2 Å². The zero-order valence-corrected chi connectivity index (χ0v) is 4.58. The zero-order valence-electron chi connectivity index (χ0n) is 4.58. The van der Waals surface area contributed by atoms with Gasteiger partial charge in [0, 0.05) is 5.92 Å². The van der Waals surface area contributed by atoms with Crippen molar-refractivity contribution in [1.29, 1.82) is 0 Å². The second-order valence-corrected chi connectivity index (χ2v) is 2.62. The third-order valence-electron chi connectivity index (χ3n) is 2.22. The molecule has 0 bridgehead atoms. The van der Waals surface area contributed by atoms with E-state index in [9.17, 15) is 4.79 Å². The van der Waals surface area contributed by atoms with Crippen molar-refractivity contribution >= 4 is 6.29 Å². The summed E-state index contributed by atoms with van der Waals surface area (Å²) in [7, 11) is 0. The maximum Gasteiger partial charge on any atom is 0.123 e. The van der Waals surface area contributed by atoms with Crippen LogP contribution in [0.4, 0.5) is 0 Å². The van der Waals surface area contributed by atoms with Crippen LogP contribution in [0.1, 0.15) is 6.42 Å².